The lowest BCUT2D eigenvalue weighted by molar-refractivity contribution is 0.177. The van der Waals surface area contributed by atoms with Crippen LogP contribution in [0.3, 0.4) is 0 Å². The van der Waals surface area contributed by atoms with Crippen LogP contribution in [0, 0.1) is 0 Å². The highest BCUT2D eigenvalue weighted by Gasteiger charge is 2.07. The van der Waals surface area contributed by atoms with Crippen molar-refractivity contribution in [2.45, 2.75) is 26.0 Å². The van der Waals surface area contributed by atoms with Gasteiger partial charge in [0.25, 0.3) is 0 Å². The number of guanidine groups is 1. The summed E-state index contributed by atoms with van der Waals surface area (Å²) in [5, 5.41) is 20.6. The van der Waals surface area contributed by atoms with Gasteiger partial charge in [-0.05, 0) is 18.6 Å². The number of nitrogens with zero attached hydrogens (tertiary/aromatic N) is 3. The number of aryl methyl sites for hydroxylation is 1. The molecule has 0 aliphatic carbocycles. The minimum Gasteiger partial charge on any atom is -0.391 e. The first-order valence-electron chi connectivity index (χ1n) is 7.90. The van der Waals surface area contributed by atoms with Gasteiger partial charge >= 0.3 is 0 Å². The van der Waals surface area contributed by atoms with Crippen LogP contribution < -0.4 is 10.6 Å². The molecule has 0 bridgehead atoms. The summed E-state index contributed by atoms with van der Waals surface area (Å²) in [5.74, 6) is 0.695. The van der Waals surface area contributed by atoms with Crippen LogP contribution in [0.2, 0.25) is 0 Å². The smallest absolute Gasteiger partial charge is 0.191 e. The van der Waals surface area contributed by atoms with Gasteiger partial charge < -0.3 is 15.7 Å². The zero-order chi connectivity index (χ0) is 16.5. The monoisotopic (exact) mass is 315 g/mol. The van der Waals surface area contributed by atoms with Gasteiger partial charge in [-0.15, -0.1) is 0 Å². The van der Waals surface area contributed by atoms with E-state index in [1.54, 1.807) is 10.9 Å². The van der Waals surface area contributed by atoms with E-state index in [1.807, 2.05) is 50.4 Å². The average molecular weight is 315 g/mol. The Kier molecular flexibility index (Phi) is 6.62. The summed E-state index contributed by atoms with van der Waals surface area (Å²) < 4.78 is 1.80. The molecule has 6 nitrogen and oxygen atoms in total. The highest BCUT2D eigenvalue weighted by Crippen LogP contribution is 2.02. The zero-order valence-electron chi connectivity index (χ0n) is 13.7. The van der Waals surface area contributed by atoms with Crippen LogP contribution in [0.4, 0.5) is 0 Å². The third kappa shape index (κ3) is 5.75. The van der Waals surface area contributed by atoms with E-state index in [4.69, 9.17) is 0 Å². The Bertz CT molecular complexity index is 608. The van der Waals surface area contributed by atoms with Gasteiger partial charge in [0.15, 0.2) is 5.96 Å². The van der Waals surface area contributed by atoms with Crippen LogP contribution in [-0.2, 0) is 20.0 Å². The molecule has 0 saturated carbocycles. The Morgan fingerprint density at radius 1 is 1.26 bits per heavy atom. The third-order valence-corrected chi connectivity index (χ3v) is 3.49. The largest absolute Gasteiger partial charge is 0.391 e. The van der Waals surface area contributed by atoms with Crippen LogP contribution in [0.1, 0.15) is 18.2 Å². The van der Waals surface area contributed by atoms with E-state index in [-0.39, 0.29) is 0 Å². The summed E-state index contributed by atoms with van der Waals surface area (Å²) in [5.41, 5.74) is 2.16. The number of aromatic nitrogens is 2. The summed E-state index contributed by atoms with van der Waals surface area (Å²) in [7, 11) is 1.90. The lowest BCUT2D eigenvalue weighted by Gasteiger charge is -2.15. The second kappa shape index (κ2) is 8.95. The molecule has 2 rings (SSSR count). The van der Waals surface area contributed by atoms with Gasteiger partial charge in [-0.1, -0.05) is 30.3 Å². The predicted molar refractivity (Wildman–Crippen MR) is 92.2 cm³/mol. The van der Waals surface area contributed by atoms with E-state index in [0.29, 0.717) is 25.5 Å². The topological polar surface area (TPSA) is 74.5 Å². The second-order valence-electron chi connectivity index (χ2n) is 5.37. The molecule has 1 aromatic heterocycles. The van der Waals surface area contributed by atoms with Crippen molar-refractivity contribution in [3.63, 3.8) is 0 Å². The number of benzene rings is 1. The summed E-state index contributed by atoms with van der Waals surface area (Å²) in [6.07, 6.45) is 1.92. The molecule has 0 saturated heterocycles. The normalized spacial score (nSPS) is 12.9. The Hall–Kier alpha value is -2.34. The molecule has 0 aliphatic rings. The highest BCUT2D eigenvalue weighted by atomic mass is 16.3. The van der Waals surface area contributed by atoms with Crippen molar-refractivity contribution < 1.29 is 5.11 Å². The summed E-state index contributed by atoms with van der Waals surface area (Å²) in [6, 6.07) is 11.9. The molecule has 0 aliphatic heterocycles. The fourth-order valence-corrected chi connectivity index (χ4v) is 2.23. The third-order valence-electron chi connectivity index (χ3n) is 3.49. The first-order chi connectivity index (χ1) is 11.2. The SMILES string of the molecule is CCNC(=NCc1ccnn1C)NCC(O)Cc1ccccc1. The summed E-state index contributed by atoms with van der Waals surface area (Å²) in [6.45, 7) is 3.78. The quantitative estimate of drug-likeness (QED) is 0.528. The van der Waals surface area contributed by atoms with Gasteiger partial charge in [-0.2, -0.15) is 5.10 Å². The van der Waals surface area contributed by atoms with Crippen molar-refractivity contribution in [2.75, 3.05) is 13.1 Å². The molecule has 0 radical (unpaired) electrons. The summed E-state index contributed by atoms with van der Waals surface area (Å²) >= 11 is 0. The number of hydrogen-bond donors (Lipinski definition) is 3. The number of rotatable bonds is 7. The van der Waals surface area contributed by atoms with Crippen molar-refractivity contribution in [1.82, 2.24) is 20.4 Å². The van der Waals surface area contributed by atoms with E-state index in [0.717, 1.165) is 17.8 Å². The van der Waals surface area contributed by atoms with Gasteiger partial charge in [0.1, 0.15) is 0 Å². The van der Waals surface area contributed by atoms with E-state index >= 15 is 0 Å². The fourth-order valence-electron chi connectivity index (χ4n) is 2.23. The van der Waals surface area contributed by atoms with E-state index < -0.39 is 6.10 Å². The second-order valence-corrected chi connectivity index (χ2v) is 5.37. The van der Waals surface area contributed by atoms with Crippen molar-refractivity contribution in [2.24, 2.45) is 12.0 Å². The molecule has 1 aromatic carbocycles. The van der Waals surface area contributed by atoms with Gasteiger partial charge in [-0.25, -0.2) is 4.99 Å². The number of hydrogen-bond acceptors (Lipinski definition) is 3. The molecule has 23 heavy (non-hydrogen) atoms. The Morgan fingerprint density at radius 2 is 2.04 bits per heavy atom. The molecule has 1 unspecified atom stereocenters. The lowest BCUT2D eigenvalue weighted by Crippen LogP contribution is -2.41. The minimum absolute atomic E-state index is 0.451. The zero-order valence-corrected chi connectivity index (χ0v) is 13.7. The lowest BCUT2D eigenvalue weighted by atomic mass is 10.1. The molecule has 6 heteroatoms. The highest BCUT2D eigenvalue weighted by molar-refractivity contribution is 5.79. The Labute approximate surface area is 137 Å². The van der Waals surface area contributed by atoms with E-state index in [2.05, 4.69) is 20.7 Å². The average Bonchev–Trinajstić information content (AvgIpc) is 2.96. The van der Waals surface area contributed by atoms with Gasteiger partial charge in [0.05, 0.1) is 18.3 Å². The van der Waals surface area contributed by atoms with Crippen LogP contribution in [0.15, 0.2) is 47.6 Å². The maximum atomic E-state index is 10.2. The first kappa shape index (κ1) is 17.0. The van der Waals surface area contributed by atoms with Crippen molar-refractivity contribution in [3.05, 3.63) is 53.9 Å². The van der Waals surface area contributed by atoms with Crippen LogP contribution in [0.25, 0.3) is 0 Å². The van der Waals surface area contributed by atoms with Crippen LogP contribution in [0.5, 0.6) is 0 Å². The van der Waals surface area contributed by atoms with E-state index in [9.17, 15) is 5.11 Å². The maximum Gasteiger partial charge on any atom is 0.191 e. The Balaban J connectivity index is 1.85. The molecule has 124 valence electrons. The van der Waals surface area contributed by atoms with Gasteiger partial charge in [-0.3, -0.25) is 4.68 Å². The predicted octanol–water partition coefficient (Wildman–Crippen LogP) is 1.08. The molecular formula is C17H25N5O. The first-order valence-corrected chi connectivity index (χ1v) is 7.90. The summed E-state index contributed by atoms with van der Waals surface area (Å²) in [4.78, 5) is 4.52. The minimum atomic E-state index is -0.460. The van der Waals surface area contributed by atoms with Crippen molar-refractivity contribution in [1.29, 1.82) is 0 Å². The van der Waals surface area contributed by atoms with Crippen molar-refractivity contribution in [3.8, 4) is 0 Å². The Morgan fingerprint density at radius 3 is 2.70 bits per heavy atom. The molecule has 0 fully saturated rings. The van der Waals surface area contributed by atoms with E-state index in [1.165, 1.54) is 0 Å². The fraction of sp³-hybridized carbons (Fsp3) is 0.412. The molecule has 0 amide bonds. The molecule has 2 aromatic rings. The van der Waals surface area contributed by atoms with Crippen LogP contribution in [-0.4, -0.2) is 40.0 Å². The number of nitrogens with one attached hydrogen (secondary N) is 2. The molecule has 1 heterocycles. The van der Waals surface area contributed by atoms with Gasteiger partial charge in [0, 0.05) is 32.8 Å². The number of aliphatic hydroxyl groups excluding tert-OH is 1. The number of aliphatic imine (C=N–C) groups is 1. The molecular weight excluding hydrogens is 290 g/mol. The number of aliphatic hydroxyl groups is 1. The van der Waals surface area contributed by atoms with Gasteiger partial charge in [0.2, 0.25) is 0 Å². The van der Waals surface area contributed by atoms with Crippen LogP contribution >= 0.6 is 0 Å². The molecule has 0 spiro atoms. The van der Waals surface area contributed by atoms with Crippen molar-refractivity contribution >= 4 is 5.96 Å². The molecule has 1 atom stereocenters. The standard InChI is InChI=1S/C17H25N5O/c1-3-18-17(19-12-15-9-10-21-22(15)2)20-13-16(23)11-14-7-5-4-6-8-14/h4-10,16,23H,3,11-13H2,1-2H3,(H2,18,19,20). The molecule has 3 N–H and O–H groups in total. The maximum absolute atomic E-state index is 10.2.